The first-order chi connectivity index (χ1) is 12.6. The maximum absolute atomic E-state index is 12.1. The first-order valence-corrected chi connectivity index (χ1v) is 8.49. The van der Waals surface area contributed by atoms with Crippen LogP contribution < -0.4 is 0 Å². The largest absolute Gasteiger partial charge is 0.457 e. The van der Waals surface area contributed by atoms with E-state index in [4.69, 9.17) is 32.4 Å². The summed E-state index contributed by atoms with van der Waals surface area (Å²) in [5, 5.41) is 1.18. The van der Waals surface area contributed by atoms with Gasteiger partial charge in [0, 0.05) is 22.2 Å². The highest BCUT2D eigenvalue weighted by Gasteiger charge is 2.24. The summed E-state index contributed by atoms with van der Waals surface area (Å²) in [7, 11) is 0. The zero-order valence-electron chi connectivity index (χ0n) is 13.3. The summed E-state index contributed by atoms with van der Waals surface area (Å²) in [6.45, 7) is 0. The molecule has 2 heterocycles. The van der Waals surface area contributed by atoms with E-state index < -0.39 is 5.91 Å². The lowest BCUT2D eigenvalue weighted by Crippen LogP contribution is -2.00. The molecule has 4 rings (SSSR count). The Balaban J connectivity index is 1.58. The fraction of sp³-hybridized carbons (Fsp3) is 0. The predicted molar refractivity (Wildman–Crippen MR) is 101 cm³/mol. The van der Waals surface area contributed by atoms with Crippen LogP contribution in [-0.2, 0) is 9.53 Å². The number of ether oxygens (including phenoxy) is 1. The van der Waals surface area contributed by atoms with Crippen LogP contribution in [0, 0.1) is 0 Å². The Kier molecular flexibility index (Phi) is 4.37. The van der Waals surface area contributed by atoms with E-state index in [9.17, 15) is 4.79 Å². The summed E-state index contributed by atoms with van der Waals surface area (Å²) in [6.07, 6.45) is 1.51. The molecule has 1 amide bonds. The van der Waals surface area contributed by atoms with Crippen molar-refractivity contribution in [2.75, 3.05) is 0 Å². The first kappa shape index (κ1) is 16.6. The van der Waals surface area contributed by atoms with E-state index in [2.05, 4.69) is 4.99 Å². The van der Waals surface area contributed by atoms with Crippen LogP contribution in [0.4, 0.5) is 0 Å². The van der Waals surface area contributed by atoms with Crippen LogP contribution in [-0.4, -0.2) is 11.8 Å². The van der Waals surface area contributed by atoms with E-state index >= 15 is 0 Å². The van der Waals surface area contributed by atoms with Crippen molar-refractivity contribution in [1.29, 1.82) is 0 Å². The summed E-state index contributed by atoms with van der Waals surface area (Å²) < 4.78 is 11.3. The third-order valence-corrected chi connectivity index (χ3v) is 4.33. The fourth-order valence-corrected chi connectivity index (χ4v) is 2.85. The van der Waals surface area contributed by atoms with Crippen molar-refractivity contribution in [3.05, 3.63) is 87.8 Å². The van der Waals surface area contributed by atoms with Gasteiger partial charge in [-0.3, -0.25) is 4.79 Å². The smallest absolute Gasteiger partial charge is 0.316 e. The van der Waals surface area contributed by atoms with E-state index in [0.717, 1.165) is 5.56 Å². The monoisotopic (exact) mass is 383 g/mol. The number of carbonyl (C=O) groups excluding carboxylic acids is 1. The second-order valence-electron chi connectivity index (χ2n) is 5.52. The van der Waals surface area contributed by atoms with Gasteiger partial charge in [0.2, 0.25) is 5.90 Å². The van der Waals surface area contributed by atoms with E-state index in [1.54, 1.807) is 42.5 Å². The topological polar surface area (TPSA) is 51.8 Å². The number of hydrogen-bond donors (Lipinski definition) is 0. The Morgan fingerprint density at radius 3 is 2.46 bits per heavy atom. The number of hydrogen-bond acceptors (Lipinski definition) is 3. The zero-order valence-corrected chi connectivity index (χ0v) is 14.8. The lowest BCUT2D eigenvalue weighted by atomic mass is 10.2. The molecule has 1 aromatic heterocycles. The lowest BCUT2D eigenvalue weighted by Gasteiger charge is -2.01. The molecule has 128 valence electrons. The maximum Gasteiger partial charge on any atom is 0.316 e. The van der Waals surface area contributed by atoms with Gasteiger partial charge in [-0.25, -0.2) is 0 Å². The van der Waals surface area contributed by atoms with Gasteiger partial charge in [0.25, 0.3) is 0 Å². The van der Waals surface area contributed by atoms with E-state index in [-0.39, 0.29) is 11.7 Å². The maximum atomic E-state index is 12.1. The molecule has 0 bridgehead atoms. The number of rotatable bonds is 3. The quantitative estimate of drug-likeness (QED) is 0.553. The molecule has 6 heteroatoms. The van der Waals surface area contributed by atoms with Gasteiger partial charge in [0.1, 0.15) is 11.5 Å². The molecule has 0 unspecified atom stereocenters. The minimum atomic E-state index is -0.467. The molecule has 0 fully saturated rings. The highest BCUT2D eigenvalue weighted by atomic mass is 35.5. The van der Waals surface area contributed by atoms with Crippen LogP contribution in [0.5, 0.6) is 0 Å². The molecule has 0 spiro atoms. The number of amides is 1. The van der Waals surface area contributed by atoms with Crippen molar-refractivity contribution in [2.45, 2.75) is 0 Å². The molecule has 0 radical (unpaired) electrons. The third-order valence-electron chi connectivity index (χ3n) is 3.75. The van der Waals surface area contributed by atoms with Gasteiger partial charge in [-0.1, -0.05) is 35.3 Å². The van der Waals surface area contributed by atoms with Crippen molar-refractivity contribution < 1.29 is 13.9 Å². The molecule has 4 nitrogen and oxygen atoms in total. The third kappa shape index (κ3) is 3.29. The molecule has 26 heavy (non-hydrogen) atoms. The molecule has 1 aliphatic rings. The Hall–Kier alpha value is -2.82. The lowest BCUT2D eigenvalue weighted by molar-refractivity contribution is -0.115. The highest BCUT2D eigenvalue weighted by Crippen LogP contribution is 2.30. The molecule has 0 saturated carbocycles. The van der Waals surface area contributed by atoms with Gasteiger partial charge in [0.15, 0.2) is 5.76 Å². The fourth-order valence-electron chi connectivity index (χ4n) is 2.49. The van der Waals surface area contributed by atoms with Crippen LogP contribution in [0.3, 0.4) is 0 Å². The summed E-state index contributed by atoms with van der Waals surface area (Å²) in [4.78, 5) is 16.0. The number of furan rings is 1. The minimum Gasteiger partial charge on any atom is -0.457 e. The number of benzene rings is 2. The second kappa shape index (κ2) is 6.83. The summed E-state index contributed by atoms with van der Waals surface area (Å²) in [5.41, 5.74) is 1.44. The van der Waals surface area contributed by atoms with Gasteiger partial charge < -0.3 is 9.15 Å². The Labute approximate surface area is 159 Å². The standard InChI is InChI=1S/C20H11Cl2NO3/c21-13-7-5-12(6-8-13)20-23-19(24)18(26-20)11-14-9-10-17(25-14)15-3-1-2-4-16(15)22/h1-11H/b18-11-. The van der Waals surface area contributed by atoms with Gasteiger partial charge in [-0.2, -0.15) is 4.99 Å². The molecular formula is C20H11Cl2NO3. The molecule has 0 atom stereocenters. The molecule has 3 aromatic rings. The average Bonchev–Trinajstić information content (AvgIpc) is 3.24. The molecule has 0 aliphatic carbocycles. The van der Waals surface area contributed by atoms with Gasteiger partial charge >= 0.3 is 5.91 Å². The molecular weight excluding hydrogens is 373 g/mol. The second-order valence-corrected chi connectivity index (χ2v) is 6.37. The van der Waals surface area contributed by atoms with Crippen LogP contribution in [0.2, 0.25) is 10.0 Å². The normalized spacial score (nSPS) is 15.2. The van der Waals surface area contributed by atoms with Gasteiger partial charge in [0.05, 0.1) is 5.02 Å². The number of nitrogens with zero attached hydrogens (tertiary/aromatic N) is 1. The van der Waals surface area contributed by atoms with Crippen molar-refractivity contribution >= 4 is 41.1 Å². The van der Waals surface area contributed by atoms with Gasteiger partial charge in [-0.15, -0.1) is 0 Å². The molecule has 0 saturated heterocycles. The molecule has 0 N–H and O–H groups in total. The number of carbonyl (C=O) groups is 1. The summed E-state index contributed by atoms with van der Waals surface area (Å²) in [6, 6.07) is 17.8. The molecule has 1 aliphatic heterocycles. The van der Waals surface area contributed by atoms with Crippen LogP contribution in [0.25, 0.3) is 17.4 Å². The van der Waals surface area contributed by atoms with Crippen LogP contribution in [0.1, 0.15) is 11.3 Å². The van der Waals surface area contributed by atoms with E-state index in [1.165, 1.54) is 6.08 Å². The average molecular weight is 384 g/mol. The predicted octanol–water partition coefficient (Wildman–Crippen LogP) is 5.60. The molecule has 2 aromatic carbocycles. The number of halogens is 2. The van der Waals surface area contributed by atoms with E-state index in [1.807, 2.05) is 18.2 Å². The first-order valence-electron chi connectivity index (χ1n) is 7.73. The number of aliphatic imine (C=N–C) groups is 1. The van der Waals surface area contributed by atoms with Gasteiger partial charge in [-0.05, 0) is 48.5 Å². The van der Waals surface area contributed by atoms with Crippen molar-refractivity contribution in [3.8, 4) is 11.3 Å². The minimum absolute atomic E-state index is 0.0926. The van der Waals surface area contributed by atoms with Crippen molar-refractivity contribution in [3.63, 3.8) is 0 Å². The van der Waals surface area contributed by atoms with Crippen molar-refractivity contribution in [1.82, 2.24) is 0 Å². The van der Waals surface area contributed by atoms with Crippen LogP contribution >= 0.6 is 23.2 Å². The Morgan fingerprint density at radius 2 is 1.69 bits per heavy atom. The van der Waals surface area contributed by atoms with Crippen molar-refractivity contribution in [2.24, 2.45) is 4.99 Å². The SMILES string of the molecule is O=C1N=C(c2ccc(Cl)cc2)O/C1=C\c1ccc(-c2ccccc2Cl)o1. The van der Waals surface area contributed by atoms with Crippen LogP contribution in [0.15, 0.2) is 75.8 Å². The Morgan fingerprint density at radius 1 is 0.923 bits per heavy atom. The van der Waals surface area contributed by atoms with E-state index in [0.29, 0.717) is 27.1 Å². The summed E-state index contributed by atoms with van der Waals surface area (Å²) >= 11 is 12.0. The summed E-state index contributed by atoms with van der Waals surface area (Å²) in [5.74, 6) is 0.930. The zero-order chi connectivity index (χ0) is 18.1. The highest BCUT2D eigenvalue weighted by molar-refractivity contribution is 6.33. The Bertz CT molecular complexity index is 1050.